The van der Waals surface area contributed by atoms with Crippen molar-refractivity contribution < 1.29 is 46.1 Å². The minimum atomic E-state index is -4.16. The molecule has 0 spiro atoms. The molecule has 4 aromatic rings. The van der Waals surface area contributed by atoms with Crippen molar-refractivity contribution in [2.75, 3.05) is 19.8 Å². The topological polar surface area (TPSA) is 183 Å². The number of aromatic nitrogens is 8. The largest absolute Gasteiger partial charge is 0.472 e. The number of ether oxygens (including phenoxy) is 2. The van der Waals surface area contributed by atoms with Crippen LogP contribution in [0.15, 0.2) is 37.5 Å². The molecule has 5 aliphatic rings. The number of imidazole rings is 2. The van der Waals surface area contributed by atoms with Gasteiger partial charge in [-0.15, -0.1) is 0 Å². The van der Waals surface area contributed by atoms with E-state index < -0.39 is 68.9 Å². The quantitative estimate of drug-likeness (QED) is 0.198. The van der Waals surface area contributed by atoms with Crippen molar-refractivity contribution in [1.82, 2.24) is 39.0 Å². The highest BCUT2D eigenvalue weighted by atomic mass is 32.5. The summed E-state index contributed by atoms with van der Waals surface area (Å²) < 4.78 is 70.2. The molecule has 0 radical (unpaired) electrons. The lowest BCUT2D eigenvalue weighted by atomic mass is 10.1. The Morgan fingerprint density at radius 2 is 1.52 bits per heavy atom. The number of aryl methyl sites for hydroxylation is 1. The van der Waals surface area contributed by atoms with Crippen molar-refractivity contribution in [2.24, 2.45) is 5.92 Å². The van der Waals surface area contributed by atoms with E-state index in [9.17, 15) is 9.79 Å². The van der Waals surface area contributed by atoms with Crippen LogP contribution >= 0.6 is 13.4 Å². The first-order chi connectivity index (χ1) is 23.1. The van der Waals surface area contributed by atoms with E-state index in [1.807, 2.05) is 12.2 Å². The van der Waals surface area contributed by atoms with E-state index in [1.165, 1.54) is 34.4 Å². The van der Waals surface area contributed by atoms with Crippen LogP contribution in [0.2, 0.25) is 0 Å². The Morgan fingerprint density at radius 1 is 0.812 bits per heavy atom. The number of alkyl halides is 2. The van der Waals surface area contributed by atoms with Crippen LogP contribution in [0.25, 0.3) is 22.3 Å². The van der Waals surface area contributed by atoms with E-state index in [4.69, 9.17) is 51.2 Å². The Balaban J connectivity index is 1.21. The lowest BCUT2D eigenvalue weighted by Crippen LogP contribution is -2.35. The molecule has 0 aromatic carbocycles. The van der Waals surface area contributed by atoms with Crippen molar-refractivity contribution in [3.63, 3.8) is 0 Å². The molecule has 4 aromatic heterocycles. The number of allylic oxidation sites excluding steroid dienone is 1. The summed E-state index contributed by atoms with van der Waals surface area (Å²) in [5.41, 5.74) is 1.98. The molecule has 2 N–H and O–H groups in total. The summed E-state index contributed by atoms with van der Waals surface area (Å²) in [7, 11) is 0. The summed E-state index contributed by atoms with van der Waals surface area (Å²) in [5, 5.41) is 0. The number of halogens is 2. The fraction of sp³-hybridized carbons (Fsp3) is 0.538. The molecule has 2 saturated heterocycles. The minimum absolute atomic E-state index is 0.0748. The van der Waals surface area contributed by atoms with Gasteiger partial charge in [0.05, 0.1) is 37.6 Å². The Morgan fingerprint density at radius 3 is 2.35 bits per heavy atom. The first kappa shape index (κ1) is 32.7. The van der Waals surface area contributed by atoms with Gasteiger partial charge in [0, 0.05) is 5.92 Å². The maximum absolute atomic E-state index is 16.4. The molecule has 2 unspecified atom stereocenters. The van der Waals surface area contributed by atoms with Crippen molar-refractivity contribution in [3.8, 4) is 5.88 Å². The fourth-order valence-electron chi connectivity index (χ4n) is 6.51. The van der Waals surface area contributed by atoms with E-state index in [0.717, 1.165) is 0 Å². The Bertz CT molecular complexity index is 1850. The molecule has 9 rings (SSSR count). The van der Waals surface area contributed by atoms with Gasteiger partial charge in [0.15, 0.2) is 29.2 Å². The first-order valence-electron chi connectivity index (χ1n) is 15.0. The van der Waals surface area contributed by atoms with E-state index in [1.54, 1.807) is 0 Å². The number of nitrogens with zero attached hydrogens (tertiary/aromatic N) is 8. The molecule has 3 fully saturated rings. The summed E-state index contributed by atoms with van der Waals surface area (Å²) in [6.45, 7) is -9.04. The lowest BCUT2D eigenvalue weighted by Gasteiger charge is -2.30. The SMILES string of the molecule is OP1(=S)OC[C@H]2O[C@@H]3[C@H](F)[C@@H]2OP(O)(=S)OC[C@H]2C[C@H]([C@H](F)[C@@H]2O1)n1cnc2c(ncnc21)OC/C=C/CCc1ncnc2c1ncn23. The van der Waals surface area contributed by atoms with Crippen LogP contribution in [0.1, 0.15) is 30.8 Å². The van der Waals surface area contributed by atoms with Gasteiger partial charge in [-0.25, -0.2) is 33.7 Å². The molecule has 10 atom stereocenters. The Labute approximate surface area is 280 Å². The van der Waals surface area contributed by atoms with Gasteiger partial charge in [-0.05, 0) is 42.9 Å². The highest BCUT2D eigenvalue weighted by Gasteiger charge is 2.53. The summed E-state index contributed by atoms with van der Waals surface area (Å²) in [4.78, 5) is 48.3. The second-order valence-electron chi connectivity index (χ2n) is 11.7. The molecule has 14 bridgehead atoms. The van der Waals surface area contributed by atoms with Gasteiger partial charge in [-0.1, -0.05) is 12.2 Å². The van der Waals surface area contributed by atoms with Crippen molar-refractivity contribution in [1.29, 1.82) is 0 Å². The average Bonchev–Trinajstić information content (AvgIpc) is 3.81. The molecule has 48 heavy (non-hydrogen) atoms. The number of fused-ring (bicyclic) bond motifs is 10. The van der Waals surface area contributed by atoms with Crippen LogP contribution in [-0.2, 0) is 52.9 Å². The zero-order chi connectivity index (χ0) is 33.2. The molecule has 1 saturated carbocycles. The third kappa shape index (κ3) is 6.00. The van der Waals surface area contributed by atoms with E-state index >= 15 is 8.78 Å². The molecule has 1 aliphatic carbocycles. The second kappa shape index (κ2) is 12.7. The number of rotatable bonds is 0. The van der Waals surface area contributed by atoms with Crippen LogP contribution in [-0.4, -0.2) is 99.3 Å². The summed E-state index contributed by atoms with van der Waals surface area (Å²) in [6, 6.07) is -0.913. The molecule has 4 aliphatic heterocycles. The van der Waals surface area contributed by atoms with Gasteiger partial charge in [-0.2, -0.15) is 4.98 Å². The van der Waals surface area contributed by atoms with Crippen molar-refractivity contribution in [2.45, 2.75) is 62.2 Å². The standard InChI is InChI=1S/C26H28F2N8O8P2S2/c27-17-15-6-13-7-40-45(37,47)44-22-16(8-41-46(38,48)43-21(13)17)42-26(18(22)28)36-12-33-19-14(29-9-30-23(19)36)4-2-1-3-5-39-25-20-24(31-10-32-25)35(15)11-34-20/h1,3,9-13,15-18,21-22,26H,2,4-8H2,(H,37,47)(H,38,48)/b3-1+/t13-,15-,16-,17+,18-,21-,22-,26-,45?,46?/m1/s1. The predicted molar refractivity (Wildman–Crippen MR) is 169 cm³/mol. The van der Waals surface area contributed by atoms with Gasteiger partial charge in [-0.3, -0.25) is 9.09 Å². The smallest absolute Gasteiger partial charge is 0.325 e. The summed E-state index contributed by atoms with van der Waals surface area (Å²) in [5.74, 6) is -0.596. The van der Waals surface area contributed by atoms with Crippen LogP contribution in [0, 0.1) is 5.92 Å². The number of hydrogen-bond donors (Lipinski definition) is 2. The first-order valence-corrected chi connectivity index (χ1v) is 20.1. The molecule has 8 heterocycles. The van der Waals surface area contributed by atoms with Gasteiger partial charge < -0.3 is 37.4 Å². The van der Waals surface area contributed by atoms with Gasteiger partial charge in [0.25, 0.3) is 0 Å². The third-order valence-electron chi connectivity index (χ3n) is 8.74. The fourth-order valence-corrected chi connectivity index (χ4v) is 9.47. The molecular formula is C26H28F2N8O8P2S2. The maximum Gasteiger partial charge on any atom is 0.325 e. The molecule has 16 nitrogen and oxygen atoms in total. The monoisotopic (exact) mass is 744 g/mol. The van der Waals surface area contributed by atoms with E-state index in [-0.39, 0.29) is 25.5 Å². The van der Waals surface area contributed by atoms with Gasteiger partial charge in [0.1, 0.15) is 49.3 Å². The van der Waals surface area contributed by atoms with Crippen LogP contribution in [0.5, 0.6) is 5.88 Å². The zero-order valence-electron chi connectivity index (χ0n) is 24.7. The van der Waals surface area contributed by atoms with Crippen LogP contribution in [0.4, 0.5) is 8.78 Å². The molecule has 22 heteroatoms. The second-order valence-corrected chi connectivity index (χ2v) is 17.2. The van der Waals surface area contributed by atoms with Crippen LogP contribution < -0.4 is 4.74 Å². The zero-order valence-corrected chi connectivity index (χ0v) is 28.1. The van der Waals surface area contributed by atoms with Crippen molar-refractivity contribution in [3.05, 3.63) is 43.2 Å². The highest BCUT2D eigenvalue weighted by Crippen LogP contribution is 2.56. The Hall–Kier alpha value is -2.48. The Kier molecular flexibility index (Phi) is 8.65. The van der Waals surface area contributed by atoms with Gasteiger partial charge in [0.2, 0.25) is 5.88 Å². The van der Waals surface area contributed by atoms with Crippen LogP contribution in [0.3, 0.4) is 0 Å². The van der Waals surface area contributed by atoms with E-state index in [0.29, 0.717) is 40.9 Å². The molecular weight excluding hydrogens is 716 g/mol. The maximum atomic E-state index is 16.4. The summed E-state index contributed by atoms with van der Waals surface area (Å²) in [6.07, 6.45) is 1.15. The predicted octanol–water partition coefficient (Wildman–Crippen LogP) is 2.93. The van der Waals surface area contributed by atoms with Crippen molar-refractivity contribution >= 4 is 59.4 Å². The molecule has 0 amide bonds. The highest BCUT2D eigenvalue weighted by molar-refractivity contribution is 8.07. The average molecular weight is 745 g/mol. The molecule has 256 valence electrons. The van der Waals surface area contributed by atoms with E-state index in [2.05, 4.69) is 29.9 Å². The third-order valence-corrected chi connectivity index (χ3v) is 11.9. The minimum Gasteiger partial charge on any atom is -0.472 e. The normalized spacial score (nSPS) is 38.2. The lowest BCUT2D eigenvalue weighted by molar-refractivity contribution is -0.0482. The van der Waals surface area contributed by atoms with Gasteiger partial charge >= 0.3 is 13.4 Å². The number of hydrogen-bond acceptors (Lipinski definition) is 14. The summed E-state index contributed by atoms with van der Waals surface area (Å²) >= 11 is 10.6.